The van der Waals surface area contributed by atoms with Crippen LogP contribution in [0.2, 0.25) is 0 Å². The van der Waals surface area contributed by atoms with Crippen LogP contribution >= 0.6 is 27.7 Å². The minimum Gasteiger partial charge on any atom is -0.310 e. The van der Waals surface area contributed by atoms with Gasteiger partial charge >= 0.3 is 0 Å². The molecule has 1 aromatic heterocycles. The topological polar surface area (TPSA) is 46.9 Å². The van der Waals surface area contributed by atoms with Crippen molar-refractivity contribution in [3.63, 3.8) is 0 Å². The van der Waals surface area contributed by atoms with E-state index >= 15 is 0 Å². The first kappa shape index (κ1) is 19.0. The Kier molecular flexibility index (Phi) is 6.38. The van der Waals surface area contributed by atoms with Crippen LogP contribution in [0.15, 0.2) is 53.0 Å². The molecular weight excluding hydrogens is 410 g/mol. The number of halogens is 1. The van der Waals surface area contributed by atoms with Gasteiger partial charge in [0.05, 0.1) is 16.3 Å². The van der Waals surface area contributed by atoms with E-state index in [2.05, 4.69) is 49.9 Å². The Hall–Kier alpha value is -1.79. The van der Waals surface area contributed by atoms with Crippen LogP contribution < -0.4 is 5.32 Å². The number of carbonyl (C=O) groups is 1. The summed E-state index contributed by atoms with van der Waals surface area (Å²) in [6.07, 6.45) is 0.983. The molecule has 2 aromatic carbocycles. The molecule has 3 aromatic rings. The second-order valence-electron chi connectivity index (χ2n) is 6.14. The number of amides is 1. The van der Waals surface area contributed by atoms with Crippen molar-refractivity contribution in [2.45, 2.75) is 37.8 Å². The number of carbonyl (C=O) groups excluding carboxylic acids is 1. The van der Waals surface area contributed by atoms with Crippen LogP contribution in [0.1, 0.15) is 25.8 Å². The summed E-state index contributed by atoms with van der Waals surface area (Å²) in [5.74, 6) is 1.42. The Balaban J connectivity index is 1.67. The first-order valence-electron chi connectivity index (χ1n) is 8.70. The molecule has 26 heavy (non-hydrogen) atoms. The first-order chi connectivity index (χ1) is 12.6. The standard InChI is InChI=1S/C20H22BrN3OS/c1-3-12-24-18-7-5-4-6-17(18)22-20(24)23-19(25)14(2)26-13-15-8-10-16(21)11-9-15/h4-11,14H,3,12-13H2,1-2H3,(H,22,23,25)/t14-/m1/s1. The van der Waals surface area contributed by atoms with Gasteiger partial charge in [0.1, 0.15) is 0 Å². The summed E-state index contributed by atoms with van der Waals surface area (Å²) in [6, 6.07) is 16.2. The smallest absolute Gasteiger partial charge is 0.239 e. The number of benzene rings is 2. The van der Waals surface area contributed by atoms with Gasteiger partial charge in [-0.25, -0.2) is 4.98 Å². The van der Waals surface area contributed by atoms with E-state index in [0.29, 0.717) is 5.95 Å². The number of nitrogens with zero attached hydrogens (tertiary/aromatic N) is 2. The van der Waals surface area contributed by atoms with Gasteiger partial charge in [-0.05, 0) is 43.2 Å². The maximum absolute atomic E-state index is 12.6. The molecule has 0 spiro atoms. The fourth-order valence-corrected chi connectivity index (χ4v) is 3.82. The number of aryl methyl sites for hydroxylation is 1. The lowest BCUT2D eigenvalue weighted by Crippen LogP contribution is -2.24. The van der Waals surface area contributed by atoms with E-state index in [1.54, 1.807) is 11.8 Å². The number of rotatable bonds is 7. The molecule has 1 N–H and O–H groups in total. The number of fused-ring (bicyclic) bond motifs is 1. The van der Waals surface area contributed by atoms with E-state index in [1.165, 1.54) is 5.56 Å². The highest BCUT2D eigenvalue weighted by Crippen LogP contribution is 2.23. The average Bonchev–Trinajstić information content (AvgIpc) is 2.98. The Labute approximate surface area is 166 Å². The zero-order valence-corrected chi connectivity index (χ0v) is 17.3. The fourth-order valence-electron chi connectivity index (χ4n) is 2.71. The molecule has 0 unspecified atom stereocenters. The van der Waals surface area contributed by atoms with Crippen LogP contribution in [-0.4, -0.2) is 20.7 Å². The van der Waals surface area contributed by atoms with Crippen LogP contribution in [0.25, 0.3) is 11.0 Å². The molecule has 136 valence electrons. The molecule has 6 heteroatoms. The minimum absolute atomic E-state index is 0.0141. The third kappa shape index (κ3) is 4.48. The van der Waals surface area contributed by atoms with Gasteiger partial charge in [0.2, 0.25) is 11.9 Å². The highest BCUT2D eigenvalue weighted by molar-refractivity contribution is 9.10. The Bertz CT molecular complexity index is 892. The van der Waals surface area contributed by atoms with E-state index in [4.69, 9.17) is 0 Å². The van der Waals surface area contributed by atoms with Gasteiger partial charge in [0.25, 0.3) is 0 Å². The maximum Gasteiger partial charge on any atom is 0.239 e. The third-order valence-electron chi connectivity index (χ3n) is 4.12. The predicted octanol–water partition coefficient (Wildman–Crippen LogP) is 5.47. The van der Waals surface area contributed by atoms with Crippen LogP contribution in [0.5, 0.6) is 0 Å². The average molecular weight is 432 g/mol. The van der Waals surface area contributed by atoms with E-state index in [9.17, 15) is 4.79 Å². The summed E-state index contributed by atoms with van der Waals surface area (Å²) >= 11 is 5.06. The van der Waals surface area contributed by atoms with Crippen molar-refractivity contribution in [2.24, 2.45) is 0 Å². The summed E-state index contributed by atoms with van der Waals surface area (Å²) in [4.78, 5) is 17.2. The zero-order chi connectivity index (χ0) is 18.5. The van der Waals surface area contributed by atoms with Gasteiger partial charge < -0.3 is 4.57 Å². The lowest BCUT2D eigenvalue weighted by atomic mass is 10.2. The second-order valence-corrected chi connectivity index (χ2v) is 8.39. The summed E-state index contributed by atoms with van der Waals surface area (Å²) in [7, 11) is 0. The molecule has 0 saturated heterocycles. The van der Waals surface area contributed by atoms with Crippen LogP contribution in [0.4, 0.5) is 5.95 Å². The van der Waals surface area contributed by atoms with Gasteiger partial charge in [0.15, 0.2) is 0 Å². The van der Waals surface area contributed by atoms with E-state index in [-0.39, 0.29) is 11.2 Å². The van der Waals surface area contributed by atoms with Gasteiger partial charge in [-0.15, -0.1) is 11.8 Å². The molecule has 0 radical (unpaired) electrons. The SMILES string of the molecule is CCCn1c(NC(=O)[C@@H](C)SCc2ccc(Br)cc2)nc2ccccc21. The van der Waals surface area contributed by atoms with Crippen molar-refractivity contribution in [3.05, 3.63) is 58.6 Å². The lowest BCUT2D eigenvalue weighted by molar-refractivity contribution is -0.115. The largest absolute Gasteiger partial charge is 0.310 e. The van der Waals surface area contributed by atoms with E-state index in [1.807, 2.05) is 43.3 Å². The van der Waals surface area contributed by atoms with Crippen molar-refractivity contribution < 1.29 is 4.79 Å². The molecule has 1 amide bonds. The first-order valence-corrected chi connectivity index (χ1v) is 10.5. The van der Waals surface area contributed by atoms with Gasteiger partial charge in [-0.3, -0.25) is 10.1 Å². The highest BCUT2D eigenvalue weighted by Gasteiger charge is 2.17. The van der Waals surface area contributed by atoms with Crippen LogP contribution in [0, 0.1) is 0 Å². The van der Waals surface area contributed by atoms with E-state index < -0.39 is 0 Å². The molecule has 0 bridgehead atoms. The molecule has 0 fully saturated rings. The molecule has 1 heterocycles. The zero-order valence-electron chi connectivity index (χ0n) is 14.9. The van der Waals surface area contributed by atoms with Gasteiger partial charge in [0, 0.05) is 16.8 Å². The molecule has 0 aliphatic heterocycles. The number of para-hydroxylation sites is 2. The molecule has 4 nitrogen and oxygen atoms in total. The van der Waals surface area contributed by atoms with Crippen molar-refractivity contribution in [1.29, 1.82) is 0 Å². The predicted molar refractivity (Wildman–Crippen MR) is 114 cm³/mol. The van der Waals surface area contributed by atoms with E-state index in [0.717, 1.165) is 34.2 Å². The monoisotopic (exact) mass is 431 g/mol. The Morgan fingerprint density at radius 2 is 1.96 bits per heavy atom. The fraction of sp³-hybridized carbons (Fsp3) is 0.300. The number of anilines is 1. The van der Waals surface area contributed by atoms with Crippen molar-refractivity contribution in [3.8, 4) is 0 Å². The summed E-state index contributed by atoms with van der Waals surface area (Å²) < 4.78 is 3.14. The molecule has 3 rings (SSSR count). The Morgan fingerprint density at radius 1 is 1.23 bits per heavy atom. The van der Waals surface area contributed by atoms with Gasteiger partial charge in [-0.2, -0.15) is 0 Å². The maximum atomic E-state index is 12.6. The molecule has 1 atom stereocenters. The minimum atomic E-state index is -0.159. The van der Waals surface area contributed by atoms with Crippen molar-refractivity contribution >= 4 is 50.6 Å². The number of imidazole rings is 1. The number of hydrogen-bond acceptors (Lipinski definition) is 3. The third-order valence-corrected chi connectivity index (χ3v) is 5.86. The van der Waals surface area contributed by atoms with Gasteiger partial charge in [-0.1, -0.05) is 47.1 Å². The lowest BCUT2D eigenvalue weighted by Gasteiger charge is -2.13. The van der Waals surface area contributed by atoms with Crippen molar-refractivity contribution in [1.82, 2.24) is 9.55 Å². The quantitative estimate of drug-likeness (QED) is 0.539. The van der Waals surface area contributed by atoms with Crippen molar-refractivity contribution in [2.75, 3.05) is 5.32 Å². The second kappa shape index (κ2) is 8.73. The van der Waals surface area contributed by atoms with Crippen LogP contribution in [-0.2, 0) is 17.1 Å². The number of aromatic nitrogens is 2. The molecule has 0 aliphatic carbocycles. The number of thioether (sulfide) groups is 1. The van der Waals surface area contributed by atoms with Crippen LogP contribution in [0.3, 0.4) is 0 Å². The molecular formula is C20H22BrN3OS. The summed E-state index contributed by atoms with van der Waals surface area (Å²) in [6.45, 7) is 4.89. The highest BCUT2D eigenvalue weighted by atomic mass is 79.9. The summed E-state index contributed by atoms with van der Waals surface area (Å²) in [5.41, 5.74) is 3.17. The number of nitrogens with one attached hydrogen (secondary N) is 1. The summed E-state index contributed by atoms with van der Waals surface area (Å²) in [5, 5.41) is 2.86. The Morgan fingerprint density at radius 3 is 2.69 bits per heavy atom. The molecule has 0 saturated carbocycles. The normalized spacial score (nSPS) is 12.3. The molecule has 0 aliphatic rings. The number of hydrogen-bond donors (Lipinski definition) is 1.